The summed E-state index contributed by atoms with van der Waals surface area (Å²) in [6.45, 7) is 0.00480. The summed E-state index contributed by atoms with van der Waals surface area (Å²) in [4.78, 5) is 11.0. The summed E-state index contributed by atoms with van der Waals surface area (Å²) in [6, 6.07) is -0.368. The molecule has 0 spiro atoms. The Labute approximate surface area is 97.2 Å². The van der Waals surface area contributed by atoms with E-state index in [1.165, 1.54) is 4.68 Å². The number of aliphatic hydroxyl groups excluding tert-OH is 2. The molecule has 1 aromatic rings. The molecule has 1 aliphatic rings. The van der Waals surface area contributed by atoms with Gasteiger partial charge in [-0.05, 0) is 18.8 Å². The number of nitrogens with zero attached hydrogens (tertiary/aromatic N) is 3. The van der Waals surface area contributed by atoms with Crippen LogP contribution in [0, 0.1) is 5.92 Å². The van der Waals surface area contributed by atoms with E-state index in [-0.39, 0.29) is 30.1 Å². The first-order valence-corrected chi connectivity index (χ1v) is 5.34. The molecule has 2 rings (SSSR count). The van der Waals surface area contributed by atoms with Crippen molar-refractivity contribution < 1.29 is 15.0 Å². The van der Waals surface area contributed by atoms with Crippen molar-refractivity contribution in [2.24, 2.45) is 11.7 Å². The number of hydrogen-bond donors (Lipinski definition) is 4. The van der Waals surface area contributed by atoms with Crippen LogP contribution >= 0.6 is 0 Å². The van der Waals surface area contributed by atoms with Crippen LogP contribution in [0.2, 0.25) is 0 Å². The van der Waals surface area contributed by atoms with Crippen LogP contribution in [0.1, 0.15) is 29.4 Å². The summed E-state index contributed by atoms with van der Waals surface area (Å²) >= 11 is 0. The van der Waals surface area contributed by atoms with Gasteiger partial charge < -0.3 is 21.7 Å². The number of aliphatic hydroxyl groups is 2. The Balaban J connectivity index is 2.26. The summed E-state index contributed by atoms with van der Waals surface area (Å²) < 4.78 is 1.31. The first kappa shape index (κ1) is 11.8. The number of carbonyl (C=O) groups excluding carboxylic acids is 1. The summed E-state index contributed by atoms with van der Waals surface area (Å²) in [5, 5.41) is 26.2. The Kier molecular flexibility index (Phi) is 2.99. The Morgan fingerprint density at radius 1 is 1.53 bits per heavy atom. The van der Waals surface area contributed by atoms with Crippen molar-refractivity contribution in [3.63, 3.8) is 0 Å². The first-order chi connectivity index (χ1) is 8.04. The molecule has 0 unspecified atom stereocenters. The summed E-state index contributed by atoms with van der Waals surface area (Å²) in [5.41, 5.74) is 10.7. The lowest BCUT2D eigenvalue weighted by molar-refractivity contribution is 0.0996. The number of primary amides is 1. The molecular weight excluding hydrogens is 226 g/mol. The molecule has 1 aliphatic carbocycles. The van der Waals surface area contributed by atoms with Gasteiger partial charge in [0, 0.05) is 6.61 Å². The zero-order chi connectivity index (χ0) is 12.6. The van der Waals surface area contributed by atoms with Gasteiger partial charge in [0.2, 0.25) is 0 Å². The molecule has 1 heterocycles. The van der Waals surface area contributed by atoms with Gasteiger partial charge in [0.25, 0.3) is 5.91 Å². The van der Waals surface area contributed by atoms with Crippen LogP contribution in [-0.4, -0.2) is 43.8 Å². The minimum absolute atomic E-state index is 0.00480. The quantitative estimate of drug-likeness (QED) is 0.495. The lowest BCUT2D eigenvalue weighted by atomic mass is 10.1. The number of amides is 1. The van der Waals surface area contributed by atoms with Gasteiger partial charge in [-0.2, -0.15) is 0 Å². The fourth-order valence-electron chi connectivity index (χ4n) is 2.23. The number of carbonyl (C=O) groups is 1. The lowest BCUT2D eigenvalue weighted by Gasteiger charge is -2.15. The van der Waals surface area contributed by atoms with Crippen molar-refractivity contribution in [3.05, 3.63) is 5.69 Å². The maximum atomic E-state index is 11.0. The van der Waals surface area contributed by atoms with Gasteiger partial charge in [-0.1, -0.05) is 5.21 Å². The Morgan fingerprint density at radius 2 is 2.24 bits per heavy atom. The summed E-state index contributed by atoms with van der Waals surface area (Å²) in [5.74, 6) is -0.685. The van der Waals surface area contributed by atoms with Gasteiger partial charge in [-0.15, -0.1) is 5.10 Å². The molecule has 0 aromatic carbocycles. The second-order valence-electron chi connectivity index (χ2n) is 4.29. The van der Waals surface area contributed by atoms with Crippen LogP contribution in [0.4, 0.5) is 5.82 Å². The SMILES string of the molecule is NC(=O)c1nnn([C@H]2C[C@@H](CO)C[C@@H]2O)c1N. The molecule has 17 heavy (non-hydrogen) atoms. The number of nitrogens with two attached hydrogens (primary N) is 2. The smallest absolute Gasteiger partial charge is 0.273 e. The van der Waals surface area contributed by atoms with Crippen LogP contribution in [0.3, 0.4) is 0 Å². The molecule has 8 heteroatoms. The number of nitrogen functional groups attached to an aromatic ring is 1. The van der Waals surface area contributed by atoms with Crippen molar-refractivity contribution in [2.45, 2.75) is 25.0 Å². The van der Waals surface area contributed by atoms with E-state index in [4.69, 9.17) is 16.6 Å². The van der Waals surface area contributed by atoms with Crippen molar-refractivity contribution in [2.75, 3.05) is 12.3 Å². The zero-order valence-electron chi connectivity index (χ0n) is 9.15. The van der Waals surface area contributed by atoms with Crippen molar-refractivity contribution >= 4 is 11.7 Å². The Bertz CT molecular complexity index is 432. The predicted molar refractivity (Wildman–Crippen MR) is 57.8 cm³/mol. The third kappa shape index (κ3) is 1.96. The predicted octanol–water partition coefficient (Wildman–Crippen LogP) is -1.74. The number of hydrogen-bond acceptors (Lipinski definition) is 6. The topological polar surface area (TPSA) is 140 Å². The van der Waals surface area contributed by atoms with Crippen LogP contribution in [0.5, 0.6) is 0 Å². The van der Waals surface area contributed by atoms with E-state index in [9.17, 15) is 9.90 Å². The fraction of sp³-hybridized carbons (Fsp3) is 0.667. The molecule has 94 valence electrons. The van der Waals surface area contributed by atoms with Crippen molar-refractivity contribution in [1.82, 2.24) is 15.0 Å². The van der Waals surface area contributed by atoms with Gasteiger partial charge in [-0.3, -0.25) is 4.79 Å². The van der Waals surface area contributed by atoms with Crippen LogP contribution < -0.4 is 11.5 Å². The number of rotatable bonds is 3. The van der Waals surface area contributed by atoms with Crippen LogP contribution in [-0.2, 0) is 0 Å². The minimum Gasteiger partial charge on any atom is -0.396 e. The standard InChI is InChI=1S/C9H15N5O3/c10-8-7(9(11)17)12-13-14(8)5-1-4(3-15)2-6(5)16/h4-6,15-16H,1-3,10H2,(H2,11,17)/t4-,5+,6+/m1/s1. The molecule has 6 N–H and O–H groups in total. The normalized spacial score (nSPS) is 28.5. The molecule has 0 saturated heterocycles. The van der Waals surface area contributed by atoms with E-state index in [1.807, 2.05) is 0 Å². The Hall–Kier alpha value is -1.67. The molecule has 1 saturated carbocycles. The molecule has 3 atom stereocenters. The van der Waals surface area contributed by atoms with Gasteiger partial charge in [0.05, 0.1) is 12.1 Å². The Morgan fingerprint density at radius 3 is 2.71 bits per heavy atom. The molecule has 0 bridgehead atoms. The lowest BCUT2D eigenvalue weighted by Crippen LogP contribution is -2.22. The summed E-state index contributed by atoms with van der Waals surface area (Å²) in [7, 11) is 0. The van der Waals surface area contributed by atoms with Gasteiger partial charge in [0.15, 0.2) is 11.5 Å². The highest BCUT2D eigenvalue weighted by Crippen LogP contribution is 2.35. The van der Waals surface area contributed by atoms with Crippen LogP contribution in [0.15, 0.2) is 0 Å². The second kappa shape index (κ2) is 4.30. The van der Waals surface area contributed by atoms with E-state index >= 15 is 0 Å². The van der Waals surface area contributed by atoms with E-state index < -0.39 is 12.0 Å². The van der Waals surface area contributed by atoms with Crippen molar-refractivity contribution in [3.8, 4) is 0 Å². The largest absolute Gasteiger partial charge is 0.396 e. The molecule has 1 fully saturated rings. The average Bonchev–Trinajstić information content (AvgIpc) is 2.81. The zero-order valence-corrected chi connectivity index (χ0v) is 9.15. The maximum Gasteiger partial charge on any atom is 0.273 e. The van der Waals surface area contributed by atoms with E-state index in [1.54, 1.807) is 0 Å². The fourth-order valence-corrected chi connectivity index (χ4v) is 2.23. The van der Waals surface area contributed by atoms with Crippen molar-refractivity contribution in [1.29, 1.82) is 0 Å². The van der Waals surface area contributed by atoms with Gasteiger partial charge >= 0.3 is 0 Å². The molecule has 1 amide bonds. The van der Waals surface area contributed by atoms with E-state index in [2.05, 4.69) is 10.3 Å². The highest BCUT2D eigenvalue weighted by Gasteiger charge is 2.36. The molecule has 8 nitrogen and oxygen atoms in total. The highest BCUT2D eigenvalue weighted by molar-refractivity contribution is 5.94. The van der Waals surface area contributed by atoms with Gasteiger partial charge in [0.1, 0.15) is 0 Å². The number of anilines is 1. The minimum atomic E-state index is -0.750. The third-order valence-electron chi connectivity index (χ3n) is 3.13. The van der Waals surface area contributed by atoms with Gasteiger partial charge in [-0.25, -0.2) is 4.68 Å². The molecular formula is C9H15N5O3. The van der Waals surface area contributed by atoms with Crippen LogP contribution in [0.25, 0.3) is 0 Å². The van der Waals surface area contributed by atoms with E-state index in [0.717, 1.165) is 0 Å². The summed E-state index contributed by atoms with van der Waals surface area (Å²) in [6.07, 6.45) is 0.368. The average molecular weight is 241 g/mol. The monoisotopic (exact) mass is 241 g/mol. The molecule has 0 radical (unpaired) electrons. The van der Waals surface area contributed by atoms with E-state index in [0.29, 0.717) is 12.8 Å². The second-order valence-corrected chi connectivity index (χ2v) is 4.29. The molecule has 1 aromatic heterocycles. The number of aromatic nitrogens is 3. The molecule has 0 aliphatic heterocycles. The maximum absolute atomic E-state index is 11.0. The third-order valence-corrected chi connectivity index (χ3v) is 3.13. The highest BCUT2D eigenvalue weighted by atomic mass is 16.3. The first-order valence-electron chi connectivity index (χ1n) is 5.34.